The number of thiophene rings is 1. The van der Waals surface area contributed by atoms with Crippen LogP contribution < -0.4 is 10.1 Å². The van der Waals surface area contributed by atoms with Gasteiger partial charge in [-0.05, 0) is 49.6 Å². The monoisotopic (exact) mass is 337 g/mol. The van der Waals surface area contributed by atoms with E-state index in [-0.39, 0.29) is 24.9 Å². The number of halogens is 1. The number of hydrogen-bond donors (Lipinski definition) is 2. The van der Waals surface area contributed by atoms with Gasteiger partial charge in [0.15, 0.2) is 0 Å². The van der Waals surface area contributed by atoms with Crippen LogP contribution in [0.4, 0.5) is 4.39 Å². The minimum atomic E-state index is -0.844. The molecule has 0 aliphatic carbocycles. The number of carbonyl (C=O) groups is 1. The fraction of sp³-hybridized carbons (Fsp3) is 0.353. The first-order valence-electron chi connectivity index (χ1n) is 7.28. The summed E-state index contributed by atoms with van der Waals surface area (Å²) in [5.74, 6) is -0.0301. The maximum atomic E-state index is 12.8. The predicted octanol–water partition coefficient (Wildman–Crippen LogP) is 2.72. The number of rotatable bonds is 7. The lowest BCUT2D eigenvalue weighted by atomic mass is 9.90. The fourth-order valence-corrected chi connectivity index (χ4v) is 2.81. The highest BCUT2D eigenvalue weighted by Gasteiger charge is 2.30. The first kappa shape index (κ1) is 17.4. The summed E-state index contributed by atoms with van der Waals surface area (Å²) in [6.07, 6.45) is -0.844. The van der Waals surface area contributed by atoms with E-state index in [0.29, 0.717) is 5.75 Å². The van der Waals surface area contributed by atoms with Crippen molar-refractivity contribution in [3.8, 4) is 5.75 Å². The normalized spacial score (nSPS) is 12.7. The van der Waals surface area contributed by atoms with Crippen molar-refractivity contribution >= 4 is 17.2 Å². The smallest absolute Gasteiger partial charge is 0.231 e. The lowest BCUT2D eigenvalue weighted by Gasteiger charge is -2.23. The minimum absolute atomic E-state index is 0.0192. The molecule has 4 nitrogen and oxygen atoms in total. The van der Waals surface area contributed by atoms with E-state index in [2.05, 4.69) is 5.32 Å². The molecule has 2 N–H and O–H groups in total. The molecular weight excluding hydrogens is 317 g/mol. The van der Waals surface area contributed by atoms with Crippen molar-refractivity contribution in [2.75, 3.05) is 13.2 Å². The van der Waals surface area contributed by atoms with Crippen LogP contribution in [0.1, 0.15) is 18.7 Å². The molecule has 0 spiro atoms. The molecule has 1 heterocycles. The number of ether oxygens (including phenoxy) is 1. The Labute approximate surface area is 138 Å². The molecule has 0 aliphatic heterocycles. The Morgan fingerprint density at radius 2 is 2.04 bits per heavy atom. The Balaban J connectivity index is 1.78. The van der Waals surface area contributed by atoms with E-state index in [1.54, 1.807) is 0 Å². The Morgan fingerprint density at radius 3 is 2.65 bits per heavy atom. The molecule has 2 rings (SSSR count). The number of nitrogens with one attached hydrogen (secondary N) is 1. The SMILES string of the molecule is CC(C)(C(=O)NC[C@@H](O)COc1ccc(F)cc1)c1cccs1. The maximum absolute atomic E-state index is 12.8. The maximum Gasteiger partial charge on any atom is 0.231 e. The average molecular weight is 337 g/mol. The molecule has 0 unspecified atom stereocenters. The third kappa shape index (κ3) is 4.77. The molecule has 124 valence electrons. The minimum Gasteiger partial charge on any atom is -0.491 e. The quantitative estimate of drug-likeness (QED) is 0.817. The molecule has 6 heteroatoms. The highest BCUT2D eigenvalue weighted by Crippen LogP contribution is 2.27. The van der Waals surface area contributed by atoms with E-state index >= 15 is 0 Å². The van der Waals surface area contributed by atoms with Crippen LogP contribution in [0.15, 0.2) is 41.8 Å². The molecule has 0 saturated heterocycles. The van der Waals surface area contributed by atoms with Crippen molar-refractivity contribution in [2.45, 2.75) is 25.4 Å². The number of carbonyl (C=O) groups excluding carboxylic acids is 1. The predicted molar refractivity (Wildman–Crippen MR) is 88.3 cm³/mol. The Kier molecular flexibility index (Phi) is 5.74. The zero-order chi connectivity index (χ0) is 16.9. The van der Waals surface area contributed by atoms with Gasteiger partial charge >= 0.3 is 0 Å². The van der Waals surface area contributed by atoms with Crippen molar-refractivity contribution in [3.05, 3.63) is 52.5 Å². The number of aliphatic hydroxyl groups is 1. The van der Waals surface area contributed by atoms with Gasteiger partial charge in [0.1, 0.15) is 24.3 Å². The number of benzene rings is 1. The highest BCUT2D eigenvalue weighted by atomic mass is 32.1. The second kappa shape index (κ2) is 7.57. The second-order valence-corrected chi connectivity index (χ2v) is 6.68. The lowest BCUT2D eigenvalue weighted by Crippen LogP contribution is -2.43. The summed E-state index contributed by atoms with van der Waals surface area (Å²) in [5, 5.41) is 14.6. The summed E-state index contributed by atoms with van der Waals surface area (Å²) in [4.78, 5) is 13.2. The van der Waals surface area contributed by atoms with Crippen LogP contribution in [0.25, 0.3) is 0 Å². The van der Waals surface area contributed by atoms with E-state index in [0.717, 1.165) is 4.88 Å². The van der Waals surface area contributed by atoms with E-state index in [9.17, 15) is 14.3 Å². The van der Waals surface area contributed by atoms with Gasteiger partial charge in [-0.3, -0.25) is 4.79 Å². The summed E-state index contributed by atoms with van der Waals surface area (Å²) in [7, 11) is 0. The molecule has 0 saturated carbocycles. The van der Waals surface area contributed by atoms with Gasteiger partial charge in [0, 0.05) is 11.4 Å². The largest absolute Gasteiger partial charge is 0.491 e. The summed E-state index contributed by atoms with van der Waals surface area (Å²) in [6.45, 7) is 3.80. The summed E-state index contributed by atoms with van der Waals surface area (Å²) in [6, 6.07) is 9.36. The van der Waals surface area contributed by atoms with Gasteiger partial charge in [-0.1, -0.05) is 6.07 Å². The summed E-state index contributed by atoms with van der Waals surface area (Å²) >= 11 is 1.52. The van der Waals surface area contributed by atoms with Crippen LogP contribution in [-0.4, -0.2) is 30.3 Å². The molecule has 1 aromatic heterocycles. The highest BCUT2D eigenvalue weighted by molar-refractivity contribution is 7.10. The van der Waals surface area contributed by atoms with E-state index < -0.39 is 11.5 Å². The van der Waals surface area contributed by atoms with Crippen LogP contribution >= 0.6 is 11.3 Å². The molecule has 0 bridgehead atoms. The Bertz CT molecular complexity index is 626. The Hall–Kier alpha value is -1.92. The van der Waals surface area contributed by atoms with Crippen LogP contribution in [0, 0.1) is 5.82 Å². The van der Waals surface area contributed by atoms with Crippen molar-refractivity contribution in [1.82, 2.24) is 5.32 Å². The molecule has 1 aromatic carbocycles. The van der Waals surface area contributed by atoms with Crippen molar-refractivity contribution in [3.63, 3.8) is 0 Å². The molecule has 23 heavy (non-hydrogen) atoms. The molecular formula is C17H20FNO3S. The molecule has 0 aliphatic rings. The van der Waals surface area contributed by atoms with Gasteiger partial charge in [-0.15, -0.1) is 11.3 Å². The number of aliphatic hydroxyl groups excluding tert-OH is 1. The van der Waals surface area contributed by atoms with Crippen molar-refractivity contribution in [2.24, 2.45) is 0 Å². The third-order valence-corrected chi connectivity index (χ3v) is 4.65. The van der Waals surface area contributed by atoms with Gasteiger partial charge in [0.25, 0.3) is 0 Å². The van der Waals surface area contributed by atoms with Crippen LogP contribution in [0.2, 0.25) is 0 Å². The number of hydrogen-bond acceptors (Lipinski definition) is 4. The van der Waals surface area contributed by atoms with Gasteiger partial charge in [0.2, 0.25) is 5.91 Å². The van der Waals surface area contributed by atoms with E-state index in [4.69, 9.17) is 4.74 Å². The first-order chi connectivity index (χ1) is 10.9. The van der Waals surface area contributed by atoms with E-state index in [1.807, 2.05) is 31.4 Å². The first-order valence-corrected chi connectivity index (χ1v) is 8.16. The van der Waals surface area contributed by atoms with Crippen LogP contribution in [0.5, 0.6) is 5.75 Å². The Morgan fingerprint density at radius 1 is 1.35 bits per heavy atom. The lowest BCUT2D eigenvalue weighted by molar-refractivity contribution is -0.126. The zero-order valence-electron chi connectivity index (χ0n) is 13.1. The molecule has 1 atom stereocenters. The van der Waals surface area contributed by atoms with Crippen molar-refractivity contribution < 1.29 is 19.0 Å². The van der Waals surface area contributed by atoms with Gasteiger partial charge in [0.05, 0.1) is 5.41 Å². The summed E-state index contributed by atoms with van der Waals surface area (Å²) in [5.41, 5.74) is -0.647. The third-order valence-electron chi connectivity index (χ3n) is 3.46. The van der Waals surface area contributed by atoms with Gasteiger partial charge in [-0.25, -0.2) is 4.39 Å². The van der Waals surface area contributed by atoms with E-state index in [1.165, 1.54) is 35.6 Å². The second-order valence-electron chi connectivity index (χ2n) is 5.73. The number of amides is 1. The topological polar surface area (TPSA) is 58.6 Å². The van der Waals surface area contributed by atoms with Crippen molar-refractivity contribution in [1.29, 1.82) is 0 Å². The molecule has 2 aromatic rings. The van der Waals surface area contributed by atoms with Gasteiger partial charge in [-0.2, -0.15) is 0 Å². The fourth-order valence-electron chi connectivity index (χ4n) is 1.96. The standard InChI is InChI=1S/C17H20FNO3S/c1-17(2,15-4-3-9-23-15)16(21)19-10-13(20)11-22-14-7-5-12(18)6-8-14/h3-9,13,20H,10-11H2,1-2H3,(H,19,21)/t13-/m1/s1. The van der Waals surface area contributed by atoms with Crippen LogP contribution in [-0.2, 0) is 10.2 Å². The van der Waals surface area contributed by atoms with Gasteiger partial charge < -0.3 is 15.2 Å². The van der Waals surface area contributed by atoms with Crippen LogP contribution in [0.3, 0.4) is 0 Å². The molecule has 0 fully saturated rings. The summed E-state index contributed by atoms with van der Waals surface area (Å²) < 4.78 is 18.1. The average Bonchev–Trinajstić information content (AvgIpc) is 3.07. The molecule has 0 radical (unpaired) electrons. The molecule has 1 amide bonds. The zero-order valence-corrected chi connectivity index (χ0v) is 13.9.